The lowest BCUT2D eigenvalue weighted by atomic mass is 10.0. The zero-order chi connectivity index (χ0) is 32.3. The lowest BCUT2D eigenvalue weighted by Gasteiger charge is -2.32. The van der Waals surface area contributed by atoms with Crippen molar-refractivity contribution in [3.8, 4) is 11.3 Å². The molecule has 0 spiro atoms. The van der Waals surface area contributed by atoms with E-state index in [0.717, 1.165) is 5.56 Å². The number of hydrogen-bond acceptors (Lipinski definition) is 7. The Labute approximate surface area is 263 Å². The van der Waals surface area contributed by atoms with Gasteiger partial charge in [-0.2, -0.15) is 0 Å². The molecule has 5 rings (SSSR count). The molecule has 4 aromatic rings. The minimum Gasteiger partial charge on any atom is -0.444 e. The van der Waals surface area contributed by atoms with Crippen molar-refractivity contribution in [2.45, 2.75) is 51.9 Å². The number of nitrogens with zero attached hydrogens (tertiary/aromatic N) is 3. The van der Waals surface area contributed by atoms with Crippen LogP contribution in [0.4, 0.5) is 30.8 Å². The Morgan fingerprint density at radius 3 is 2.44 bits per heavy atom. The van der Waals surface area contributed by atoms with Crippen LogP contribution in [0.2, 0.25) is 5.02 Å². The molecule has 2 amide bonds. The molecule has 0 saturated carbocycles. The smallest absolute Gasteiger partial charge is 0.408 e. The highest BCUT2D eigenvalue weighted by atomic mass is 35.5. The third-order valence-corrected chi connectivity index (χ3v) is 7.38. The fourth-order valence-electron chi connectivity index (χ4n) is 5.02. The van der Waals surface area contributed by atoms with Crippen LogP contribution in [0.1, 0.15) is 32.2 Å². The standard InChI is InChI=1S/C32H33ClF2N6O4/c1-32(2,3)45-31(43)37-26(15-19-7-9-22(39-44)10-8-19)30(42)40-13-14-41-27(18-40)38-28(20-5-4-6-21(34)16-20)29(41)36-23-11-12-24(33)25(35)17-23/h4-12,16-17,26,36,39,44H,13-15,18H2,1-3H3,(H,37,43)/t26-/m0/s1. The summed E-state index contributed by atoms with van der Waals surface area (Å²) >= 11 is 5.87. The molecule has 236 valence electrons. The van der Waals surface area contributed by atoms with Gasteiger partial charge >= 0.3 is 6.09 Å². The number of imidazole rings is 1. The van der Waals surface area contributed by atoms with Crippen LogP contribution in [0.5, 0.6) is 0 Å². The van der Waals surface area contributed by atoms with Crippen molar-refractivity contribution in [3.05, 3.63) is 94.8 Å². The number of rotatable bonds is 8. The van der Waals surface area contributed by atoms with Gasteiger partial charge in [0.1, 0.15) is 40.6 Å². The molecule has 0 saturated heterocycles. The Kier molecular flexibility index (Phi) is 9.26. The number of carbonyl (C=O) groups excluding carboxylic acids is 2. The topological polar surface area (TPSA) is 121 Å². The van der Waals surface area contributed by atoms with Gasteiger partial charge in [0.2, 0.25) is 5.91 Å². The Hall–Kier alpha value is -4.68. The van der Waals surface area contributed by atoms with E-state index in [-0.39, 0.29) is 30.4 Å². The average Bonchev–Trinajstić information content (AvgIpc) is 3.35. The fourth-order valence-corrected chi connectivity index (χ4v) is 5.13. The number of fused-ring (bicyclic) bond motifs is 1. The first-order chi connectivity index (χ1) is 21.4. The van der Waals surface area contributed by atoms with E-state index in [1.165, 1.54) is 24.3 Å². The maximum atomic E-state index is 14.3. The number of benzene rings is 3. The lowest BCUT2D eigenvalue weighted by Crippen LogP contribution is -2.52. The summed E-state index contributed by atoms with van der Waals surface area (Å²) in [6, 6.07) is 16.1. The monoisotopic (exact) mass is 638 g/mol. The SMILES string of the molecule is CC(C)(C)OC(=O)N[C@@H](Cc1ccc(NO)cc1)C(=O)N1CCn2c(nc(-c3cccc(F)c3)c2Nc2ccc(Cl)c(F)c2)C1. The zero-order valence-electron chi connectivity index (χ0n) is 24.9. The van der Waals surface area contributed by atoms with Gasteiger partial charge in [-0.05, 0) is 68.8 Å². The summed E-state index contributed by atoms with van der Waals surface area (Å²) < 4.78 is 35.8. The fraction of sp³-hybridized carbons (Fsp3) is 0.281. The van der Waals surface area contributed by atoms with E-state index in [9.17, 15) is 18.4 Å². The highest BCUT2D eigenvalue weighted by Crippen LogP contribution is 2.34. The summed E-state index contributed by atoms with van der Waals surface area (Å²) in [5.41, 5.74) is 3.86. The molecule has 1 atom stereocenters. The Morgan fingerprint density at radius 1 is 1.04 bits per heavy atom. The summed E-state index contributed by atoms with van der Waals surface area (Å²) in [5.74, 6) is -0.376. The quantitative estimate of drug-likeness (QED) is 0.163. The van der Waals surface area contributed by atoms with Gasteiger partial charge in [-0.3, -0.25) is 15.5 Å². The summed E-state index contributed by atoms with van der Waals surface area (Å²) in [6.45, 7) is 5.88. The van der Waals surface area contributed by atoms with E-state index < -0.39 is 29.4 Å². The summed E-state index contributed by atoms with van der Waals surface area (Å²) in [4.78, 5) is 33.1. The molecule has 45 heavy (non-hydrogen) atoms. The van der Waals surface area contributed by atoms with Crippen molar-refractivity contribution in [2.24, 2.45) is 0 Å². The second-order valence-electron chi connectivity index (χ2n) is 11.6. The molecule has 0 fully saturated rings. The van der Waals surface area contributed by atoms with Crippen LogP contribution in [0.3, 0.4) is 0 Å². The number of anilines is 3. The normalized spacial score (nSPS) is 13.5. The van der Waals surface area contributed by atoms with E-state index in [4.69, 9.17) is 26.5 Å². The molecule has 3 aromatic carbocycles. The third kappa shape index (κ3) is 7.70. The number of alkyl carbamates (subject to hydrolysis) is 1. The van der Waals surface area contributed by atoms with Gasteiger partial charge < -0.3 is 24.8 Å². The Bertz CT molecular complexity index is 1710. The predicted octanol–water partition coefficient (Wildman–Crippen LogP) is 6.50. The molecule has 1 aliphatic heterocycles. The van der Waals surface area contributed by atoms with Crippen LogP contribution < -0.4 is 16.1 Å². The first kappa shape index (κ1) is 31.7. The average molecular weight is 639 g/mol. The van der Waals surface area contributed by atoms with Crippen molar-refractivity contribution in [2.75, 3.05) is 17.3 Å². The molecular formula is C32H33ClF2N6O4. The molecule has 2 heterocycles. The third-order valence-electron chi connectivity index (χ3n) is 7.08. The van der Waals surface area contributed by atoms with Crippen molar-refractivity contribution in [1.29, 1.82) is 0 Å². The van der Waals surface area contributed by atoms with Crippen LogP contribution in [-0.4, -0.2) is 49.8 Å². The van der Waals surface area contributed by atoms with Crippen molar-refractivity contribution in [1.82, 2.24) is 19.8 Å². The largest absolute Gasteiger partial charge is 0.444 e. The second-order valence-corrected chi connectivity index (χ2v) is 12.0. The number of halogens is 3. The first-order valence-corrected chi connectivity index (χ1v) is 14.6. The molecule has 1 aromatic heterocycles. The maximum absolute atomic E-state index is 14.3. The van der Waals surface area contributed by atoms with E-state index in [0.29, 0.717) is 40.8 Å². The number of nitrogens with one attached hydrogen (secondary N) is 3. The molecular weight excluding hydrogens is 606 g/mol. The number of carbonyl (C=O) groups is 2. The van der Waals surface area contributed by atoms with Crippen LogP contribution in [0.25, 0.3) is 11.3 Å². The highest BCUT2D eigenvalue weighted by Gasteiger charge is 2.33. The minimum absolute atomic E-state index is 0.0223. The van der Waals surface area contributed by atoms with Crippen LogP contribution in [0, 0.1) is 11.6 Å². The van der Waals surface area contributed by atoms with E-state index in [1.807, 2.05) is 4.57 Å². The first-order valence-electron chi connectivity index (χ1n) is 14.2. The molecule has 0 bridgehead atoms. The second kappa shape index (κ2) is 13.1. The molecule has 1 aliphatic rings. The van der Waals surface area contributed by atoms with Gasteiger partial charge in [-0.25, -0.2) is 18.6 Å². The van der Waals surface area contributed by atoms with Crippen LogP contribution >= 0.6 is 11.6 Å². The molecule has 13 heteroatoms. The van der Waals surface area contributed by atoms with Gasteiger partial charge in [0.05, 0.1) is 17.3 Å². The molecule has 0 radical (unpaired) electrons. The summed E-state index contributed by atoms with van der Waals surface area (Å²) in [6.07, 6.45) is -0.568. The maximum Gasteiger partial charge on any atom is 0.408 e. The van der Waals surface area contributed by atoms with Crippen LogP contribution in [-0.2, 0) is 29.0 Å². The van der Waals surface area contributed by atoms with Crippen molar-refractivity contribution < 1.29 is 28.3 Å². The minimum atomic E-state index is -0.966. The Morgan fingerprint density at radius 2 is 1.78 bits per heavy atom. The zero-order valence-corrected chi connectivity index (χ0v) is 25.7. The Balaban J connectivity index is 1.44. The lowest BCUT2D eigenvalue weighted by molar-refractivity contribution is -0.135. The van der Waals surface area contributed by atoms with Crippen LogP contribution in [0.15, 0.2) is 66.7 Å². The molecule has 0 aliphatic carbocycles. The predicted molar refractivity (Wildman–Crippen MR) is 166 cm³/mol. The van der Waals surface area contributed by atoms with Crippen molar-refractivity contribution in [3.63, 3.8) is 0 Å². The number of ether oxygens (including phenoxy) is 1. The number of aromatic nitrogens is 2. The van der Waals surface area contributed by atoms with Gasteiger partial charge in [0.15, 0.2) is 0 Å². The van der Waals surface area contributed by atoms with Gasteiger partial charge in [0, 0.05) is 30.8 Å². The van der Waals surface area contributed by atoms with E-state index >= 15 is 0 Å². The van der Waals surface area contributed by atoms with Crippen molar-refractivity contribution >= 4 is 40.8 Å². The summed E-state index contributed by atoms with van der Waals surface area (Å²) in [7, 11) is 0. The number of hydrogen-bond donors (Lipinski definition) is 4. The van der Waals surface area contributed by atoms with Gasteiger partial charge in [-0.15, -0.1) is 0 Å². The highest BCUT2D eigenvalue weighted by molar-refractivity contribution is 6.30. The summed E-state index contributed by atoms with van der Waals surface area (Å²) in [5, 5.41) is 15.1. The van der Waals surface area contributed by atoms with E-state index in [2.05, 4.69) is 16.1 Å². The van der Waals surface area contributed by atoms with E-state index in [1.54, 1.807) is 68.1 Å². The van der Waals surface area contributed by atoms with Gasteiger partial charge in [-0.1, -0.05) is 35.9 Å². The molecule has 4 N–H and O–H groups in total. The molecule has 0 unspecified atom stereocenters. The molecule has 10 nitrogen and oxygen atoms in total. The number of amides is 2. The van der Waals surface area contributed by atoms with Gasteiger partial charge in [0.25, 0.3) is 0 Å².